The second-order valence-electron chi connectivity index (χ2n) is 6.32. The summed E-state index contributed by atoms with van der Waals surface area (Å²) in [7, 11) is 1.87. The number of pyridine rings is 1. The van der Waals surface area contributed by atoms with E-state index >= 15 is 0 Å². The van der Waals surface area contributed by atoms with Crippen molar-refractivity contribution >= 4 is 16.9 Å². The van der Waals surface area contributed by atoms with Crippen molar-refractivity contribution in [1.82, 2.24) is 20.1 Å². The van der Waals surface area contributed by atoms with Crippen molar-refractivity contribution in [3.63, 3.8) is 0 Å². The lowest BCUT2D eigenvalue weighted by Crippen LogP contribution is -2.35. The van der Waals surface area contributed by atoms with E-state index in [1.54, 1.807) is 10.9 Å². The van der Waals surface area contributed by atoms with Gasteiger partial charge in [-0.3, -0.25) is 9.48 Å². The maximum Gasteiger partial charge on any atom is 0.253 e. The van der Waals surface area contributed by atoms with Crippen LogP contribution in [0.1, 0.15) is 61.0 Å². The fraction of sp³-hybridized carbons (Fsp3) is 0.588. The Morgan fingerprint density at radius 3 is 2.64 bits per heavy atom. The first-order valence-electron chi connectivity index (χ1n) is 8.25. The summed E-state index contributed by atoms with van der Waals surface area (Å²) < 4.78 is 1.75. The van der Waals surface area contributed by atoms with E-state index in [0.29, 0.717) is 11.6 Å². The highest BCUT2D eigenvalue weighted by Gasteiger charge is 2.17. The van der Waals surface area contributed by atoms with Gasteiger partial charge in [-0.2, -0.15) is 5.10 Å². The lowest BCUT2D eigenvalue weighted by Gasteiger charge is -2.21. The van der Waals surface area contributed by atoms with Gasteiger partial charge in [0.05, 0.1) is 11.3 Å². The van der Waals surface area contributed by atoms with E-state index in [0.717, 1.165) is 29.6 Å². The van der Waals surface area contributed by atoms with Crippen LogP contribution in [0.2, 0.25) is 0 Å². The van der Waals surface area contributed by atoms with Crippen LogP contribution in [0.3, 0.4) is 0 Å². The largest absolute Gasteiger partial charge is 0.349 e. The van der Waals surface area contributed by atoms with Crippen molar-refractivity contribution in [2.75, 3.05) is 0 Å². The molecule has 0 bridgehead atoms. The van der Waals surface area contributed by atoms with Gasteiger partial charge in [0, 0.05) is 24.7 Å². The van der Waals surface area contributed by atoms with Crippen LogP contribution in [0.5, 0.6) is 0 Å². The van der Waals surface area contributed by atoms with E-state index in [9.17, 15) is 4.79 Å². The van der Waals surface area contributed by atoms with E-state index in [1.165, 1.54) is 32.1 Å². The Hall–Kier alpha value is -1.91. The second-order valence-corrected chi connectivity index (χ2v) is 6.32. The molecular formula is C17H24N4O. The SMILES string of the molecule is Cc1nn(C)c2ncc(C(=O)NC3CCCCCCC3)cc12. The summed E-state index contributed by atoms with van der Waals surface area (Å²) >= 11 is 0. The summed E-state index contributed by atoms with van der Waals surface area (Å²) in [4.78, 5) is 16.9. The number of amides is 1. The zero-order valence-corrected chi connectivity index (χ0v) is 13.4. The Balaban J connectivity index is 1.75. The zero-order chi connectivity index (χ0) is 15.5. The van der Waals surface area contributed by atoms with Crippen molar-refractivity contribution in [3.05, 3.63) is 23.5 Å². The molecule has 0 aromatic carbocycles. The second kappa shape index (κ2) is 6.46. The molecule has 5 nitrogen and oxygen atoms in total. The molecule has 0 radical (unpaired) electrons. The monoisotopic (exact) mass is 300 g/mol. The smallest absolute Gasteiger partial charge is 0.253 e. The predicted octanol–water partition coefficient (Wildman–Crippen LogP) is 3.12. The lowest BCUT2D eigenvalue weighted by atomic mass is 9.96. The Bertz CT molecular complexity index is 669. The average Bonchev–Trinajstić information content (AvgIpc) is 2.76. The first-order valence-corrected chi connectivity index (χ1v) is 8.25. The molecule has 1 aliphatic carbocycles. The van der Waals surface area contributed by atoms with Gasteiger partial charge in [-0.15, -0.1) is 0 Å². The summed E-state index contributed by atoms with van der Waals surface area (Å²) in [6, 6.07) is 2.21. The molecule has 2 heterocycles. The minimum Gasteiger partial charge on any atom is -0.349 e. The van der Waals surface area contributed by atoms with Crippen LogP contribution < -0.4 is 5.32 Å². The molecule has 1 saturated carbocycles. The number of carbonyl (C=O) groups is 1. The molecule has 118 valence electrons. The van der Waals surface area contributed by atoms with Gasteiger partial charge in [0.25, 0.3) is 5.91 Å². The molecule has 0 aliphatic heterocycles. The van der Waals surface area contributed by atoms with Crippen LogP contribution in [-0.4, -0.2) is 26.7 Å². The van der Waals surface area contributed by atoms with Crippen LogP contribution >= 0.6 is 0 Å². The van der Waals surface area contributed by atoms with Crippen LogP contribution in [-0.2, 0) is 7.05 Å². The fourth-order valence-electron chi connectivity index (χ4n) is 3.30. The third-order valence-corrected chi connectivity index (χ3v) is 4.57. The van der Waals surface area contributed by atoms with Crippen molar-refractivity contribution in [2.45, 2.75) is 57.9 Å². The summed E-state index contributed by atoms with van der Waals surface area (Å²) in [5, 5.41) is 8.49. The van der Waals surface area contributed by atoms with Gasteiger partial charge in [-0.05, 0) is 25.8 Å². The molecule has 0 atom stereocenters. The molecule has 1 N–H and O–H groups in total. The molecule has 22 heavy (non-hydrogen) atoms. The van der Waals surface area contributed by atoms with Crippen LogP contribution in [0.15, 0.2) is 12.3 Å². The third-order valence-electron chi connectivity index (χ3n) is 4.57. The number of rotatable bonds is 2. The normalized spacial score (nSPS) is 17.2. The van der Waals surface area contributed by atoms with Gasteiger partial charge in [0.2, 0.25) is 0 Å². The molecule has 2 aromatic rings. The predicted molar refractivity (Wildman–Crippen MR) is 86.8 cm³/mol. The van der Waals surface area contributed by atoms with E-state index < -0.39 is 0 Å². The molecule has 1 fully saturated rings. The number of hydrogen-bond acceptors (Lipinski definition) is 3. The van der Waals surface area contributed by atoms with Crippen molar-refractivity contribution in [3.8, 4) is 0 Å². The molecule has 3 rings (SSSR count). The highest BCUT2D eigenvalue weighted by molar-refractivity contribution is 5.97. The number of nitrogens with zero attached hydrogens (tertiary/aromatic N) is 3. The number of aryl methyl sites for hydroxylation is 2. The van der Waals surface area contributed by atoms with Gasteiger partial charge < -0.3 is 5.32 Å². The van der Waals surface area contributed by atoms with Crippen LogP contribution in [0.25, 0.3) is 11.0 Å². The molecule has 0 spiro atoms. The highest BCUT2D eigenvalue weighted by Crippen LogP contribution is 2.19. The standard InChI is InChI=1S/C17H24N4O/c1-12-15-10-13(11-18-16(15)21(2)20-12)17(22)19-14-8-6-4-3-5-7-9-14/h10-11,14H,3-9H2,1-2H3,(H,19,22). The fourth-order valence-corrected chi connectivity index (χ4v) is 3.30. The van der Waals surface area contributed by atoms with E-state index in [2.05, 4.69) is 15.4 Å². The molecule has 0 unspecified atom stereocenters. The highest BCUT2D eigenvalue weighted by atomic mass is 16.1. The van der Waals surface area contributed by atoms with E-state index in [-0.39, 0.29) is 5.91 Å². The first-order chi connectivity index (χ1) is 10.6. The molecular weight excluding hydrogens is 276 g/mol. The number of aromatic nitrogens is 3. The quantitative estimate of drug-likeness (QED) is 0.927. The van der Waals surface area contributed by atoms with Crippen molar-refractivity contribution in [1.29, 1.82) is 0 Å². The Kier molecular flexibility index (Phi) is 4.41. The van der Waals surface area contributed by atoms with Gasteiger partial charge in [0.15, 0.2) is 5.65 Å². The maximum atomic E-state index is 12.5. The Morgan fingerprint density at radius 1 is 1.23 bits per heavy atom. The van der Waals surface area contributed by atoms with Crippen LogP contribution in [0.4, 0.5) is 0 Å². The number of fused-ring (bicyclic) bond motifs is 1. The number of hydrogen-bond donors (Lipinski definition) is 1. The van der Waals surface area contributed by atoms with Gasteiger partial charge in [0.1, 0.15) is 0 Å². The van der Waals surface area contributed by atoms with Crippen LogP contribution in [0, 0.1) is 6.92 Å². The Labute approximate surface area is 131 Å². The minimum absolute atomic E-state index is 0.0109. The topological polar surface area (TPSA) is 59.8 Å². The third kappa shape index (κ3) is 3.13. The lowest BCUT2D eigenvalue weighted by molar-refractivity contribution is 0.0930. The summed E-state index contributed by atoms with van der Waals surface area (Å²) in [5.41, 5.74) is 2.36. The molecule has 0 saturated heterocycles. The number of nitrogens with one attached hydrogen (secondary N) is 1. The maximum absolute atomic E-state index is 12.5. The first kappa shape index (κ1) is 15.0. The summed E-state index contributed by atoms with van der Waals surface area (Å²) in [5.74, 6) is -0.0109. The van der Waals surface area contributed by atoms with Gasteiger partial charge in [-0.1, -0.05) is 32.1 Å². The Morgan fingerprint density at radius 2 is 1.91 bits per heavy atom. The van der Waals surface area contributed by atoms with Gasteiger partial charge in [-0.25, -0.2) is 4.98 Å². The van der Waals surface area contributed by atoms with Crippen molar-refractivity contribution in [2.24, 2.45) is 7.05 Å². The molecule has 5 heteroatoms. The average molecular weight is 300 g/mol. The van der Waals surface area contributed by atoms with E-state index in [4.69, 9.17) is 0 Å². The summed E-state index contributed by atoms with van der Waals surface area (Å²) in [6.07, 6.45) is 10.2. The summed E-state index contributed by atoms with van der Waals surface area (Å²) in [6.45, 7) is 1.94. The van der Waals surface area contributed by atoms with E-state index in [1.807, 2.05) is 20.0 Å². The zero-order valence-electron chi connectivity index (χ0n) is 13.4. The molecule has 1 amide bonds. The molecule has 2 aromatic heterocycles. The van der Waals surface area contributed by atoms with Crippen molar-refractivity contribution < 1.29 is 4.79 Å². The van der Waals surface area contributed by atoms with Gasteiger partial charge >= 0.3 is 0 Å². The number of carbonyl (C=O) groups excluding carboxylic acids is 1. The minimum atomic E-state index is -0.0109. The molecule has 1 aliphatic rings.